The number of anilines is 1. The zero-order valence-electron chi connectivity index (χ0n) is 11.1. The number of carbonyl (C=O) groups excluding carboxylic acids is 1. The van der Waals surface area contributed by atoms with Crippen LogP contribution in [0, 0.1) is 0 Å². The summed E-state index contributed by atoms with van der Waals surface area (Å²) in [4.78, 5) is 22.1. The molecule has 6 nitrogen and oxygen atoms in total. The van der Waals surface area contributed by atoms with Gasteiger partial charge in [-0.25, -0.2) is 13.6 Å². The number of hydrogen-bond donors (Lipinski definition) is 3. The molecule has 0 aromatic heterocycles. The van der Waals surface area contributed by atoms with Crippen molar-refractivity contribution in [2.45, 2.75) is 12.8 Å². The van der Waals surface area contributed by atoms with E-state index in [1.807, 2.05) is 0 Å². The molecule has 21 heavy (non-hydrogen) atoms. The number of ether oxygens (including phenoxy) is 1. The molecule has 1 rings (SSSR count). The number of carboxylic acid groups (broad SMARTS) is 1. The average Bonchev–Trinajstić information content (AvgIpc) is 2.37. The van der Waals surface area contributed by atoms with Gasteiger partial charge in [-0.15, -0.1) is 0 Å². The molecular weight excluding hydrogens is 286 g/mol. The first-order valence-electron chi connectivity index (χ1n) is 6.19. The number of rotatable bonds is 8. The van der Waals surface area contributed by atoms with Crippen LogP contribution in [0.5, 0.6) is 0 Å². The third kappa shape index (κ3) is 7.83. The number of urea groups is 1. The van der Waals surface area contributed by atoms with Crippen molar-refractivity contribution in [1.82, 2.24) is 5.32 Å². The van der Waals surface area contributed by atoms with E-state index in [-0.39, 0.29) is 19.6 Å². The van der Waals surface area contributed by atoms with E-state index in [0.29, 0.717) is 11.3 Å². The third-order valence-electron chi connectivity index (χ3n) is 2.32. The van der Waals surface area contributed by atoms with Crippen LogP contribution < -0.4 is 10.6 Å². The Morgan fingerprint density at radius 3 is 2.76 bits per heavy atom. The van der Waals surface area contributed by atoms with Crippen molar-refractivity contribution < 1.29 is 28.2 Å². The van der Waals surface area contributed by atoms with Crippen LogP contribution in [-0.4, -0.2) is 43.3 Å². The molecule has 0 fully saturated rings. The van der Waals surface area contributed by atoms with Crippen molar-refractivity contribution in [1.29, 1.82) is 0 Å². The molecular formula is C13H16F2N2O4. The van der Waals surface area contributed by atoms with E-state index in [2.05, 4.69) is 15.4 Å². The van der Waals surface area contributed by atoms with Gasteiger partial charge in [0.15, 0.2) is 0 Å². The zero-order chi connectivity index (χ0) is 15.7. The molecule has 0 saturated carbocycles. The minimum atomic E-state index is -2.53. The molecule has 0 bridgehead atoms. The molecule has 1 aromatic rings. The van der Waals surface area contributed by atoms with Crippen LogP contribution in [0.1, 0.15) is 5.56 Å². The maximum absolute atomic E-state index is 11.8. The number of halogens is 2. The summed E-state index contributed by atoms with van der Waals surface area (Å²) in [6.45, 7) is -0.593. The van der Waals surface area contributed by atoms with Gasteiger partial charge in [-0.2, -0.15) is 0 Å². The predicted molar refractivity (Wildman–Crippen MR) is 71.6 cm³/mol. The Kier molecular flexibility index (Phi) is 7.10. The number of hydrogen-bond acceptors (Lipinski definition) is 3. The maximum atomic E-state index is 11.8. The van der Waals surface area contributed by atoms with Gasteiger partial charge in [0, 0.05) is 12.2 Å². The van der Waals surface area contributed by atoms with Crippen molar-refractivity contribution in [3.8, 4) is 0 Å². The maximum Gasteiger partial charge on any atom is 0.319 e. The van der Waals surface area contributed by atoms with Crippen LogP contribution in [0.15, 0.2) is 24.3 Å². The van der Waals surface area contributed by atoms with E-state index >= 15 is 0 Å². The molecule has 8 heteroatoms. The lowest BCUT2D eigenvalue weighted by atomic mass is 10.1. The van der Waals surface area contributed by atoms with Crippen LogP contribution in [0.25, 0.3) is 0 Å². The van der Waals surface area contributed by atoms with Gasteiger partial charge < -0.3 is 20.5 Å². The van der Waals surface area contributed by atoms with Crippen molar-refractivity contribution in [3.63, 3.8) is 0 Å². The largest absolute Gasteiger partial charge is 0.481 e. The second-order valence-corrected chi connectivity index (χ2v) is 4.12. The predicted octanol–water partition coefficient (Wildman–Crippen LogP) is 1.72. The fourth-order valence-corrected chi connectivity index (χ4v) is 1.52. The molecule has 0 aliphatic heterocycles. The highest BCUT2D eigenvalue weighted by Crippen LogP contribution is 2.11. The summed E-state index contributed by atoms with van der Waals surface area (Å²) in [7, 11) is 0. The van der Waals surface area contributed by atoms with Gasteiger partial charge in [-0.05, 0) is 17.7 Å². The molecule has 0 atom stereocenters. The molecule has 3 N–H and O–H groups in total. The van der Waals surface area contributed by atoms with Crippen molar-refractivity contribution in [2.24, 2.45) is 0 Å². The third-order valence-corrected chi connectivity index (χ3v) is 2.32. The first-order chi connectivity index (χ1) is 9.97. The van der Waals surface area contributed by atoms with Gasteiger partial charge in [0.25, 0.3) is 6.43 Å². The molecule has 0 radical (unpaired) electrons. The normalized spacial score (nSPS) is 10.4. The van der Waals surface area contributed by atoms with Crippen molar-refractivity contribution >= 4 is 17.7 Å². The summed E-state index contributed by atoms with van der Waals surface area (Å²) in [5.41, 5.74) is 1.00. The number of aliphatic carboxylic acids is 1. The number of carbonyl (C=O) groups is 2. The Hall–Kier alpha value is -2.22. The topological polar surface area (TPSA) is 87.7 Å². The van der Waals surface area contributed by atoms with E-state index in [1.54, 1.807) is 24.3 Å². The molecule has 0 spiro atoms. The van der Waals surface area contributed by atoms with Gasteiger partial charge in [0.05, 0.1) is 13.0 Å². The van der Waals surface area contributed by atoms with E-state index in [1.165, 1.54) is 0 Å². The van der Waals surface area contributed by atoms with E-state index in [4.69, 9.17) is 5.11 Å². The highest BCUT2D eigenvalue weighted by molar-refractivity contribution is 5.89. The van der Waals surface area contributed by atoms with Gasteiger partial charge in [-0.3, -0.25) is 4.79 Å². The lowest BCUT2D eigenvalue weighted by Crippen LogP contribution is -2.31. The summed E-state index contributed by atoms with van der Waals surface area (Å²) in [6, 6.07) is 5.89. The van der Waals surface area contributed by atoms with Crippen molar-refractivity contribution in [3.05, 3.63) is 29.8 Å². The monoisotopic (exact) mass is 302 g/mol. The first-order valence-corrected chi connectivity index (χ1v) is 6.19. The molecule has 2 amide bonds. The van der Waals surface area contributed by atoms with Gasteiger partial charge >= 0.3 is 12.0 Å². The van der Waals surface area contributed by atoms with Crippen LogP contribution in [0.3, 0.4) is 0 Å². The Morgan fingerprint density at radius 1 is 1.33 bits per heavy atom. The number of carboxylic acids is 1. The first kappa shape index (κ1) is 16.8. The summed E-state index contributed by atoms with van der Waals surface area (Å²) in [5.74, 6) is -0.965. The fourth-order valence-electron chi connectivity index (χ4n) is 1.52. The Bertz CT molecular complexity index is 483. The number of alkyl halides is 2. The number of nitrogens with one attached hydrogen (secondary N) is 2. The minimum absolute atomic E-state index is 0.0170. The van der Waals surface area contributed by atoms with Crippen molar-refractivity contribution in [2.75, 3.05) is 25.1 Å². The Balaban J connectivity index is 2.32. The summed E-state index contributed by atoms with van der Waals surface area (Å²) < 4.78 is 28.1. The highest BCUT2D eigenvalue weighted by Gasteiger charge is 2.05. The molecule has 0 saturated heterocycles. The van der Waals surface area contributed by atoms with E-state index in [9.17, 15) is 18.4 Å². The van der Waals surface area contributed by atoms with Crippen LogP contribution >= 0.6 is 0 Å². The average molecular weight is 302 g/mol. The zero-order valence-corrected chi connectivity index (χ0v) is 11.1. The standard InChI is InChI=1S/C13H16F2N2O4/c14-11(15)8-21-5-4-16-13(20)17-10-3-1-2-9(6-10)7-12(18)19/h1-3,6,11H,4-5,7-8H2,(H,18,19)(H2,16,17,20). The fraction of sp³-hybridized carbons (Fsp3) is 0.385. The molecule has 0 heterocycles. The summed E-state index contributed by atoms with van der Waals surface area (Å²) >= 11 is 0. The lowest BCUT2D eigenvalue weighted by molar-refractivity contribution is -0.136. The van der Waals surface area contributed by atoms with Crippen LogP contribution in [0.4, 0.5) is 19.3 Å². The summed E-state index contributed by atoms with van der Waals surface area (Å²) in [5, 5.41) is 13.6. The number of amides is 2. The Labute approximate surface area is 120 Å². The quantitative estimate of drug-likeness (QED) is 0.638. The minimum Gasteiger partial charge on any atom is -0.481 e. The van der Waals surface area contributed by atoms with Crippen LogP contribution in [0.2, 0.25) is 0 Å². The smallest absolute Gasteiger partial charge is 0.319 e. The molecule has 0 unspecified atom stereocenters. The SMILES string of the molecule is O=C(O)Cc1cccc(NC(=O)NCCOCC(F)F)c1. The second kappa shape index (κ2) is 8.85. The molecule has 116 valence electrons. The van der Waals surface area contributed by atoms with Gasteiger partial charge in [0.1, 0.15) is 6.61 Å². The van der Waals surface area contributed by atoms with Gasteiger partial charge in [0.2, 0.25) is 0 Å². The van der Waals surface area contributed by atoms with E-state index in [0.717, 1.165) is 0 Å². The molecule has 0 aliphatic carbocycles. The summed E-state index contributed by atoms with van der Waals surface area (Å²) in [6.07, 6.45) is -2.67. The Morgan fingerprint density at radius 2 is 2.10 bits per heavy atom. The second-order valence-electron chi connectivity index (χ2n) is 4.12. The molecule has 1 aromatic carbocycles. The van der Waals surface area contributed by atoms with E-state index < -0.39 is 25.0 Å². The lowest BCUT2D eigenvalue weighted by Gasteiger charge is -2.09. The highest BCUT2D eigenvalue weighted by atomic mass is 19.3. The van der Waals surface area contributed by atoms with Crippen LogP contribution in [-0.2, 0) is 16.0 Å². The van der Waals surface area contributed by atoms with Gasteiger partial charge in [-0.1, -0.05) is 12.1 Å². The molecule has 0 aliphatic rings. The number of benzene rings is 1.